The molecule has 2 heterocycles. The third-order valence-electron chi connectivity index (χ3n) is 4.85. The SMILES string of the molecule is COc1cc(NC2=NC(N)(c3ccc4ncccc4c3)C=CN2)cc(OC)c1OC. The summed E-state index contributed by atoms with van der Waals surface area (Å²) in [6, 6.07) is 13.4. The number of pyridine rings is 1. The molecule has 0 spiro atoms. The lowest BCUT2D eigenvalue weighted by Gasteiger charge is -2.27. The van der Waals surface area contributed by atoms with Gasteiger partial charge < -0.3 is 24.8 Å². The highest BCUT2D eigenvalue weighted by atomic mass is 16.5. The smallest absolute Gasteiger partial charge is 0.203 e. The Morgan fingerprint density at radius 1 is 1.00 bits per heavy atom. The van der Waals surface area contributed by atoms with Crippen LogP contribution in [0.2, 0.25) is 0 Å². The van der Waals surface area contributed by atoms with Crippen molar-refractivity contribution in [3.63, 3.8) is 0 Å². The van der Waals surface area contributed by atoms with E-state index in [1.807, 2.05) is 36.4 Å². The van der Waals surface area contributed by atoms with Crippen LogP contribution in [0, 0.1) is 0 Å². The van der Waals surface area contributed by atoms with Crippen molar-refractivity contribution in [1.82, 2.24) is 10.3 Å². The molecule has 0 radical (unpaired) electrons. The van der Waals surface area contributed by atoms with E-state index in [0.717, 1.165) is 16.5 Å². The predicted molar refractivity (Wildman–Crippen MR) is 117 cm³/mol. The van der Waals surface area contributed by atoms with Crippen LogP contribution in [-0.4, -0.2) is 32.3 Å². The molecule has 3 aromatic rings. The number of hydrogen-bond acceptors (Lipinski definition) is 8. The van der Waals surface area contributed by atoms with Crippen LogP contribution in [0.3, 0.4) is 0 Å². The molecule has 1 atom stereocenters. The van der Waals surface area contributed by atoms with E-state index in [9.17, 15) is 0 Å². The van der Waals surface area contributed by atoms with Gasteiger partial charge in [0.25, 0.3) is 0 Å². The number of aromatic nitrogens is 1. The first-order valence-electron chi connectivity index (χ1n) is 9.31. The zero-order chi connectivity index (χ0) is 21.1. The van der Waals surface area contributed by atoms with E-state index in [1.165, 1.54) is 0 Å². The summed E-state index contributed by atoms with van der Waals surface area (Å²) in [6.45, 7) is 0. The number of nitrogens with one attached hydrogen (secondary N) is 2. The minimum Gasteiger partial charge on any atom is -0.493 e. The Morgan fingerprint density at radius 2 is 1.77 bits per heavy atom. The molecule has 8 heteroatoms. The molecule has 0 fully saturated rings. The lowest BCUT2D eigenvalue weighted by molar-refractivity contribution is 0.324. The molecular formula is C22H23N5O3. The van der Waals surface area contributed by atoms with Gasteiger partial charge in [0.2, 0.25) is 11.7 Å². The number of guanidine groups is 1. The number of anilines is 1. The number of hydrogen-bond donors (Lipinski definition) is 3. The van der Waals surface area contributed by atoms with Crippen LogP contribution in [-0.2, 0) is 5.66 Å². The molecule has 0 amide bonds. The highest BCUT2D eigenvalue weighted by Gasteiger charge is 2.27. The van der Waals surface area contributed by atoms with Gasteiger partial charge in [-0.2, -0.15) is 0 Å². The van der Waals surface area contributed by atoms with Crippen molar-refractivity contribution in [2.75, 3.05) is 26.6 Å². The number of methoxy groups -OCH3 is 3. The molecule has 2 aromatic carbocycles. The molecule has 4 N–H and O–H groups in total. The molecule has 1 aliphatic rings. The van der Waals surface area contributed by atoms with Crippen LogP contribution >= 0.6 is 0 Å². The van der Waals surface area contributed by atoms with Crippen molar-refractivity contribution in [1.29, 1.82) is 0 Å². The van der Waals surface area contributed by atoms with Crippen LogP contribution in [0.5, 0.6) is 17.2 Å². The van der Waals surface area contributed by atoms with Gasteiger partial charge in [-0.3, -0.25) is 10.7 Å². The summed E-state index contributed by atoms with van der Waals surface area (Å²) in [5.41, 5.74) is 8.06. The van der Waals surface area contributed by atoms with E-state index in [4.69, 9.17) is 24.9 Å². The van der Waals surface area contributed by atoms with E-state index >= 15 is 0 Å². The first-order chi connectivity index (χ1) is 14.6. The average Bonchev–Trinajstić information content (AvgIpc) is 2.78. The number of ether oxygens (including phenoxy) is 3. The van der Waals surface area contributed by atoms with Crippen molar-refractivity contribution in [3.8, 4) is 17.2 Å². The van der Waals surface area contributed by atoms with E-state index in [-0.39, 0.29) is 0 Å². The molecular weight excluding hydrogens is 382 g/mol. The Balaban J connectivity index is 1.67. The Morgan fingerprint density at radius 3 is 2.47 bits per heavy atom. The number of nitrogens with two attached hydrogens (primary N) is 1. The quantitative estimate of drug-likeness (QED) is 0.600. The Kier molecular flexibility index (Phi) is 5.16. The van der Waals surface area contributed by atoms with Crippen molar-refractivity contribution in [2.24, 2.45) is 10.7 Å². The summed E-state index contributed by atoms with van der Waals surface area (Å²) in [7, 11) is 4.70. The molecule has 154 valence electrons. The van der Waals surface area contributed by atoms with Gasteiger partial charge in [0, 0.05) is 35.6 Å². The van der Waals surface area contributed by atoms with Gasteiger partial charge in [0.05, 0.1) is 26.8 Å². The second kappa shape index (κ2) is 7.92. The van der Waals surface area contributed by atoms with Gasteiger partial charge in [0.1, 0.15) is 0 Å². The minimum atomic E-state index is -1.03. The molecule has 0 saturated carbocycles. The third kappa shape index (κ3) is 3.60. The van der Waals surface area contributed by atoms with Crippen LogP contribution in [0.15, 0.2) is 65.9 Å². The van der Waals surface area contributed by atoms with Crippen LogP contribution in [0.25, 0.3) is 10.9 Å². The second-order valence-corrected chi connectivity index (χ2v) is 6.71. The molecule has 0 saturated heterocycles. The zero-order valence-electron chi connectivity index (χ0n) is 17.0. The Labute approximate surface area is 174 Å². The summed E-state index contributed by atoms with van der Waals surface area (Å²) in [6.07, 6.45) is 5.34. The molecule has 1 aliphatic heterocycles. The van der Waals surface area contributed by atoms with Gasteiger partial charge in [-0.25, -0.2) is 4.99 Å². The molecule has 1 unspecified atom stereocenters. The number of fused-ring (bicyclic) bond motifs is 1. The first-order valence-corrected chi connectivity index (χ1v) is 9.31. The summed E-state index contributed by atoms with van der Waals surface area (Å²) < 4.78 is 16.2. The van der Waals surface area contributed by atoms with Crippen molar-refractivity contribution >= 4 is 22.5 Å². The minimum absolute atomic E-state index is 0.487. The number of benzene rings is 2. The lowest BCUT2D eigenvalue weighted by Crippen LogP contribution is -2.41. The number of rotatable bonds is 5. The average molecular weight is 405 g/mol. The van der Waals surface area contributed by atoms with Crippen LogP contribution in [0.1, 0.15) is 5.56 Å². The second-order valence-electron chi connectivity index (χ2n) is 6.71. The topological polar surface area (TPSA) is 103 Å². The summed E-state index contributed by atoms with van der Waals surface area (Å²) >= 11 is 0. The number of nitrogens with zero attached hydrogens (tertiary/aromatic N) is 2. The van der Waals surface area contributed by atoms with E-state index in [1.54, 1.807) is 45.9 Å². The van der Waals surface area contributed by atoms with E-state index in [2.05, 4.69) is 15.6 Å². The Bertz CT molecular complexity index is 1120. The number of aliphatic imine (C=N–C) groups is 1. The summed E-state index contributed by atoms with van der Waals surface area (Å²) in [5, 5.41) is 7.31. The summed E-state index contributed by atoms with van der Waals surface area (Å²) in [4.78, 5) is 9.05. The fraction of sp³-hybridized carbons (Fsp3) is 0.182. The van der Waals surface area contributed by atoms with Gasteiger partial charge >= 0.3 is 0 Å². The van der Waals surface area contributed by atoms with Gasteiger partial charge in [0.15, 0.2) is 17.2 Å². The third-order valence-corrected chi connectivity index (χ3v) is 4.85. The normalized spacial score (nSPS) is 17.8. The highest BCUT2D eigenvalue weighted by Crippen LogP contribution is 2.40. The fourth-order valence-corrected chi connectivity index (χ4v) is 3.34. The predicted octanol–water partition coefficient (Wildman–Crippen LogP) is 2.96. The van der Waals surface area contributed by atoms with Crippen LogP contribution in [0.4, 0.5) is 5.69 Å². The monoisotopic (exact) mass is 405 g/mol. The van der Waals surface area contributed by atoms with Crippen molar-refractivity contribution < 1.29 is 14.2 Å². The van der Waals surface area contributed by atoms with Crippen LogP contribution < -0.4 is 30.6 Å². The van der Waals surface area contributed by atoms with E-state index < -0.39 is 5.66 Å². The van der Waals surface area contributed by atoms with Gasteiger partial charge in [-0.1, -0.05) is 12.1 Å². The standard InChI is InChI=1S/C22H23N5O3/c1-28-18-12-16(13-19(29-2)20(18)30-3)26-21-25-10-8-22(23,27-21)15-6-7-17-14(11-15)5-4-9-24-17/h4-13H,23H2,1-3H3,(H2,25,26,27). The maximum absolute atomic E-state index is 6.63. The van der Waals surface area contributed by atoms with Crippen molar-refractivity contribution in [3.05, 3.63) is 66.5 Å². The van der Waals surface area contributed by atoms with E-state index in [0.29, 0.717) is 28.9 Å². The highest BCUT2D eigenvalue weighted by molar-refractivity contribution is 5.96. The summed E-state index contributed by atoms with van der Waals surface area (Å²) in [5.74, 6) is 2.07. The maximum Gasteiger partial charge on any atom is 0.203 e. The molecule has 0 aliphatic carbocycles. The fourth-order valence-electron chi connectivity index (χ4n) is 3.34. The maximum atomic E-state index is 6.63. The van der Waals surface area contributed by atoms with Gasteiger partial charge in [-0.15, -0.1) is 0 Å². The molecule has 8 nitrogen and oxygen atoms in total. The molecule has 1 aromatic heterocycles. The first kappa shape index (κ1) is 19.5. The Hall–Kier alpha value is -3.78. The molecule has 4 rings (SSSR count). The lowest BCUT2D eigenvalue weighted by atomic mass is 9.98. The zero-order valence-corrected chi connectivity index (χ0v) is 17.0. The largest absolute Gasteiger partial charge is 0.493 e. The molecule has 0 bridgehead atoms. The van der Waals surface area contributed by atoms with Gasteiger partial charge in [-0.05, 0) is 29.8 Å². The molecule has 30 heavy (non-hydrogen) atoms. The van der Waals surface area contributed by atoms with Crippen molar-refractivity contribution in [2.45, 2.75) is 5.66 Å².